The van der Waals surface area contributed by atoms with Crippen molar-refractivity contribution < 1.29 is 18.7 Å². The fourth-order valence-corrected chi connectivity index (χ4v) is 3.87. The molecule has 160 valence electrons. The van der Waals surface area contributed by atoms with E-state index in [0.717, 1.165) is 0 Å². The van der Waals surface area contributed by atoms with Crippen LogP contribution in [0.5, 0.6) is 11.5 Å². The number of nitrogens with zero attached hydrogens (tertiary/aromatic N) is 1. The Bertz CT molecular complexity index is 1510. The number of allylic oxidation sites excluding steroid dienone is 1. The number of para-hydroxylation sites is 1. The van der Waals surface area contributed by atoms with Crippen LogP contribution in [-0.2, 0) is 0 Å². The lowest BCUT2D eigenvalue weighted by Crippen LogP contribution is -2.26. The van der Waals surface area contributed by atoms with Crippen molar-refractivity contribution in [3.63, 3.8) is 0 Å². The number of carbonyl (C=O) groups excluding carboxylic acids is 1. The number of fused-ring (bicyclic) bond motifs is 3. The molecule has 1 aliphatic rings. The summed E-state index contributed by atoms with van der Waals surface area (Å²) in [7, 11) is 0. The highest BCUT2D eigenvalue weighted by Gasteiger charge is 2.35. The van der Waals surface area contributed by atoms with E-state index in [1.165, 1.54) is 0 Å². The maximum Gasteiger partial charge on any atom is 0.344 e. The first kappa shape index (κ1) is 20.1. The summed E-state index contributed by atoms with van der Waals surface area (Å²) >= 11 is 0. The summed E-state index contributed by atoms with van der Waals surface area (Å²) in [5, 5.41) is 10.3. The van der Waals surface area contributed by atoms with Gasteiger partial charge in [-0.1, -0.05) is 42.5 Å². The van der Waals surface area contributed by atoms with Crippen molar-refractivity contribution in [2.45, 2.75) is 5.92 Å². The molecule has 2 heterocycles. The topological polar surface area (TPSA) is 116 Å². The Morgan fingerprint density at radius 3 is 2.39 bits per heavy atom. The monoisotopic (exact) mass is 436 g/mol. The first-order valence-electron chi connectivity index (χ1n) is 10.1. The van der Waals surface area contributed by atoms with Gasteiger partial charge in [-0.25, -0.2) is 9.59 Å². The standard InChI is InChI=1S/C26H16N2O5/c27-14-19-21(15-10-12-17(13-11-15)31-25(29)16-6-2-1-3-7-16)22-23(33-24(19)28)18-8-4-5-9-20(18)32-26(22)30/h1-13,21H,28H2. The number of benzene rings is 3. The van der Waals surface area contributed by atoms with E-state index in [0.29, 0.717) is 27.8 Å². The van der Waals surface area contributed by atoms with Gasteiger partial charge in [0.25, 0.3) is 0 Å². The van der Waals surface area contributed by atoms with Gasteiger partial charge in [-0.15, -0.1) is 0 Å². The second kappa shape index (κ2) is 8.02. The smallest absolute Gasteiger partial charge is 0.344 e. The van der Waals surface area contributed by atoms with Crippen LogP contribution >= 0.6 is 0 Å². The maximum absolute atomic E-state index is 12.9. The molecule has 1 aromatic heterocycles. The number of hydrogen-bond donors (Lipinski definition) is 1. The van der Waals surface area contributed by atoms with Crippen LogP contribution in [0.4, 0.5) is 0 Å². The van der Waals surface area contributed by atoms with Crippen molar-refractivity contribution >= 4 is 16.9 Å². The summed E-state index contributed by atoms with van der Waals surface area (Å²) in [6.45, 7) is 0. The van der Waals surface area contributed by atoms with Crippen molar-refractivity contribution in [2.75, 3.05) is 0 Å². The largest absolute Gasteiger partial charge is 0.439 e. The first-order chi connectivity index (χ1) is 16.1. The molecule has 0 bridgehead atoms. The molecular formula is C26H16N2O5. The number of carbonyl (C=O) groups is 1. The molecule has 4 aromatic rings. The highest BCUT2D eigenvalue weighted by atomic mass is 16.5. The summed E-state index contributed by atoms with van der Waals surface area (Å²) < 4.78 is 16.6. The summed E-state index contributed by atoms with van der Waals surface area (Å²) in [6, 6.07) is 24.2. The van der Waals surface area contributed by atoms with E-state index >= 15 is 0 Å². The molecule has 0 fully saturated rings. The fraction of sp³-hybridized carbons (Fsp3) is 0.0385. The number of rotatable bonds is 3. The van der Waals surface area contributed by atoms with Crippen LogP contribution in [0.3, 0.4) is 0 Å². The van der Waals surface area contributed by atoms with Crippen LogP contribution in [0.2, 0.25) is 0 Å². The van der Waals surface area contributed by atoms with Gasteiger partial charge in [0, 0.05) is 0 Å². The molecule has 2 N–H and O–H groups in total. The van der Waals surface area contributed by atoms with Gasteiger partial charge in [0.05, 0.1) is 22.4 Å². The lowest BCUT2D eigenvalue weighted by molar-refractivity contribution is 0.0734. The minimum atomic E-state index is -0.793. The Hall–Kier alpha value is -4.83. The molecule has 0 amide bonds. The van der Waals surface area contributed by atoms with Crippen molar-refractivity contribution in [3.05, 3.63) is 117 Å². The predicted molar refractivity (Wildman–Crippen MR) is 120 cm³/mol. The van der Waals surface area contributed by atoms with Crippen LogP contribution < -0.4 is 20.8 Å². The van der Waals surface area contributed by atoms with E-state index in [-0.39, 0.29) is 22.8 Å². The Morgan fingerprint density at radius 1 is 0.970 bits per heavy atom. The molecule has 0 saturated carbocycles. The van der Waals surface area contributed by atoms with E-state index in [9.17, 15) is 14.9 Å². The zero-order valence-electron chi connectivity index (χ0n) is 17.1. The lowest BCUT2D eigenvalue weighted by atomic mass is 9.84. The normalized spacial score (nSPS) is 14.8. The fourth-order valence-electron chi connectivity index (χ4n) is 3.87. The van der Waals surface area contributed by atoms with Crippen LogP contribution in [-0.4, -0.2) is 5.97 Å². The Balaban J connectivity index is 1.56. The lowest BCUT2D eigenvalue weighted by Gasteiger charge is -2.26. The van der Waals surface area contributed by atoms with Crippen molar-refractivity contribution in [3.8, 4) is 17.6 Å². The summed E-state index contributed by atoms with van der Waals surface area (Å²) in [6.07, 6.45) is 0. The summed E-state index contributed by atoms with van der Waals surface area (Å²) in [5.41, 5.74) is 7.11. The van der Waals surface area contributed by atoms with Gasteiger partial charge in [-0.2, -0.15) is 5.26 Å². The van der Waals surface area contributed by atoms with Gasteiger partial charge in [0.1, 0.15) is 23.0 Å². The summed E-state index contributed by atoms with van der Waals surface area (Å²) in [5.74, 6) is -0.777. The van der Waals surface area contributed by atoms with E-state index < -0.39 is 17.5 Å². The highest BCUT2D eigenvalue weighted by molar-refractivity contribution is 5.91. The molecule has 1 aliphatic heterocycles. The van der Waals surface area contributed by atoms with Crippen molar-refractivity contribution in [2.24, 2.45) is 5.73 Å². The second-order valence-electron chi connectivity index (χ2n) is 7.38. The Morgan fingerprint density at radius 2 is 1.67 bits per heavy atom. The average molecular weight is 436 g/mol. The molecule has 1 atom stereocenters. The third kappa shape index (κ3) is 3.50. The summed E-state index contributed by atoms with van der Waals surface area (Å²) in [4.78, 5) is 25.2. The zero-order chi connectivity index (χ0) is 22.9. The molecule has 0 saturated heterocycles. The molecule has 7 nitrogen and oxygen atoms in total. The van der Waals surface area contributed by atoms with E-state index in [2.05, 4.69) is 6.07 Å². The van der Waals surface area contributed by atoms with Crippen LogP contribution in [0, 0.1) is 11.3 Å². The van der Waals surface area contributed by atoms with Gasteiger partial charge in [0.15, 0.2) is 5.75 Å². The molecule has 7 heteroatoms. The minimum absolute atomic E-state index is 0.0784. The first-order valence-corrected chi connectivity index (χ1v) is 10.1. The van der Waals surface area contributed by atoms with Crippen LogP contribution in [0.15, 0.2) is 99.5 Å². The number of nitrogens with two attached hydrogens (primary N) is 1. The quantitative estimate of drug-likeness (QED) is 0.290. The second-order valence-corrected chi connectivity index (χ2v) is 7.38. The SMILES string of the molecule is N#CC1=C(N)Oc2c(c(=O)oc3ccccc23)C1c1ccc(OC(=O)c2ccccc2)cc1. The van der Waals surface area contributed by atoms with Crippen LogP contribution in [0.25, 0.3) is 11.0 Å². The molecule has 0 radical (unpaired) electrons. The van der Waals surface area contributed by atoms with Crippen molar-refractivity contribution in [1.29, 1.82) is 5.26 Å². The van der Waals surface area contributed by atoms with Gasteiger partial charge in [-0.05, 0) is 42.0 Å². The predicted octanol–water partition coefficient (Wildman–Crippen LogP) is 4.23. The average Bonchev–Trinajstić information content (AvgIpc) is 2.84. The molecule has 33 heavy (non-hydrogen) atoms. The highest BCUT2D eigenvalue weighted by Crippen LogP contribution is 2.43. The maximum atomic E-state index is 12.9. The Kier molecular flexibility index (Phi) is 4.88. The van der Waals surface area contributed by atoms with Gasteiger partial charge >= 0.3 is 11.6 Å². The Labute approximate surface area is 187 Å². The minimum Gasteiger partial charge on any atom is -0.439 e. The molecule has 5 rings (SSSR count). The molecule has 0 aliphatic carbocycles. The van der Waals surface area contributed by atoms with Crippen molar-refractivity contribution in [1.82, 2.24) is 0 Å². The number of hydrogen-bond acceptors (Lipinski definition) is 7. The number of nitriles is 1. The van der Waals surface area contributed by atoms with E-state index in [1.807, 2.05) is 6.07 Å². The van der Waals surface area contributed by atoms with Gasteiger partial charge in [0.2, 0.25) is 5.88 Å². The van der Waals surface area contributed by atoms with Gasteiger partial charge < -0.3 is 19.6 Å². The molecule has 1 unspecified atom stereocenters. The number of ether oxygens (including phenoxy) is 2. The zero-order valence-corrected chi connectivity index (χ0v) is 17.1. The third-order valence-corrected chi connectivity index (χ3v) is 5.41. The van der Waals surface area contributed by atoms with Crippen LogP contribution in [0.1, 0.15) is 27.4 Å². The molecule has 3 aromatic carbocycles. The van der Waals surface area contributed by atoms with Gasteiger partial charge in [-0.3, -0.25) is 0 Å². The molecular weight excluding hydrogens is 420 g/mol. The van der Waals surface area contributed by atoms with E-state index in [1.54, 1.807) is 72.8 Å². The molecule has 0 spiro atoms. The third-order valence-electron chi connectivity index (χ3n) is 5.41. The number of esters is 1. The van der Waals surface area contributed by atoms with E-state index in [4.69, 9.17) is 19.6 Å².